The lowest BCUT2D eigenvalue weighted by atomic mass is 9.91. The molecule has 200 valence electrons. The van der Waals surface area contributed by atoms with E-state index in [1.807, 2.05) is 55.5 Å². The molecule has 0 saturated carbocycles. The minimum absolute atomic E-state index is 0.0885. The van der Waals surface area contributed by atoms with Crippen LogP contribution in [-0.4, -0.2) is 58.3 Å². The zero-order valence-electron chi connectivity index (χ0n) is 21.7. The molecule has 5 rings (SSSR count). The maximum atomic E-state index is 13.8. The molecule has 2 N–H and O–H groups in total. The predicted molar refractivity (Wildman–Crippen MR) is 155 cm³/mol. The number of urea groups is 1. The lowest BCUT2D eigenvalue weighted by Crippen LogP contribution is -2.38. The Morgan fingerprint density at radius 1 is 1.08 bits per heavy atom. The normalized spacial score (nSPS) is 16.7. The second-order valence-electron chi connectivity index (χ2n) is 9.66. The Hall–Kier alpha value is -3.93. The minimum atomic E-state index is -0.856. The summed E-state index contributed by atoms with van der Waals surface area (Å²) in [7, 11) is 3.32. The molecule has 0 spiro atoms. The fourth-order valence-corrected chi connectivity index (χ4v) is 5.17. The summed E-state index contributed by atoms with van der Waals surface area (Å²) in [5, 5.41) is 2.85. The maximum absolute atomic E-state index is 13.8. The number of ether oxygens (including phenoxy) is 1. The molecule has 0 radical (unpaired) electrons. The molecule has 4 amide bonds. The SMILES string of the molecule is C[C@H](c1ccccc1)[C@@H](c1nc2ccc(I)cc2[nH]1)N1C(=O)N[C@H](c2ccc(OCC(=O)N(C)C)cc2)C1=O. The topological polar surface area (TPSA) is 108 Å². The van der Waals surface area contributed by atoms with Gasteiger partial charge in [0.1, 0.15) is 23.7 Å². The summed E-state index contributed by atoms with van der Waals surface area (Å²) in [5.74, 6) is 0.285. The second kappa shape index (κ2) is 11.0. The van der Waals surface area contributed by atoms with Gasteiger partial charge < -0.3 is 19.9 Å². The van der Waals surface area contributed by atoms with Gasteiger partial charge in [-0.3, -0.25) is 14.5 Å². The van der Waals surface area contributed by atoms with Gasteiger partial charge in [0.05, 0.1) is 11.0 Å². The van der Waals surface area contributed by atoms with E-state index in [4.69, 9.17) is 9.72 Å². The molecule has 1 aromatic heterocycles. The molecule has 0 bridgehead atoms. The number of imide groups is 1. The lowest BCUT2D eigenvalue weighted by molar-refractivity contribution is -0.131. The number of halogens is 1. The van der Waals surface area contributed by atoms with E-state index in [2.05, 4.69) is 32.9 Å². The number of likely N-dealkylation sites (N-methyl/N-ethyl adjacent to an activating group) is 1. The molecular formula is C29H28IN5O4. The van der Waals surface area contributed by atoms with Crippen LogP contribution in [-0.2, 0) is 9.59 Å². The first-order valence-corrected chi connectivity index (χ1v) is 13.6. The van der Waals surface area contributed by atoms with Crippen LogP contribution in [0.15, 0.2) is 72.8 Å². The zero-order valence-corrected chi connectivity index (χ0v) is 23.9. The Labute approximate surface area is 239 Å². The number of aromatic amines is 1. The quantitative estimate of drug-likeness (QED) is 0.214. The minimum Gasteiger partial charge on any atom is -0.484 e. The fourth-order valence-electron chi connectivity index (χ4n) is 4.68. The zero-order chi connectivity index (χ0) is 27.7. The highest BCUT2D eigenvalue weighted by atomic mass is 127. The van der Waals surface area contributed by atoms with E-state index < -0.39 is 18.1 Å². The number of hydrogen-bond donors (Lipinski definition) is 2. The molecule has 9 nitrogen and oxygen atoms in total. The summed E-state index contributed by atoms with van der Waals surface area (Å²) in [4.78, 5) is 49.9. The maximum Gasteiger partial charge on any atom is 0.325 e. The molecule has 1 fully saturated rings. The first-order valence-electron chi connectivity index (χ1n) is 12.5. The Balaban J connectivity index is 1.45. The standard InChI is InChI=1S/C29H28IN5O4/c1-17(18-7-5-4-6-8-18)26(27-31-22-14-11-20(30)15-23(22)32-27)35-28(37)25(33-29(35)38)19-9-12-21(13-10-19)39-16-24(36)34(2)3/h4-15,17,25-26H,16H2,1-3H3,(H,31,32)(H,33,38)/t17-,25-,26+/m1/s1. The second-order valence-corrected chi connectivity index (χ2v) is 10.9. The third-order valence-electron chi connectivity index (χ3n) is 6.87. The molecule has 3 atom stereocenters. The van der Waals surface area contributed by atoms with Gasteiger partial charge >= 0.3 is 6.03 Å². The van der Waals surface area contributed by atoms with Gasteiger partial charge in [0.2, 0.25) is 0 Å². The molecule has 1 aliphatic heterocycles. The predicted octanol–water partition coefficient (Wildman–Crippen LogP) is 4.77. The number of rotatable bonds is 8. The van der Waals surface area contributed by atoms with Crippen molar-refractivity contribution < 1.29 is 19.1 Å². The Kier molecular flexibility index (Phi) is 7.56. The van der Waals surface area contributed by atoms with Crippen LogP contribution in [0.25, 0.3) is 11.0 Å². The van der Waals surface area contributed by atoms with Gasteiger partial charge in [0.15, 0.2) is 6.61 Å². The van der Waals surface area contributed by atoms with Gasteiger partial charge in [0, 0.05) is 23.6 Å². The summed E-state index contributed by atoms with van der Waals surface area (Å²) >= 11 is 2.24. The third-order valence-corrected chi connectivity index (χ3v) is 7.54. The van der Waals surface area contributed by atoms with Gasteiger partial charge in [-0.25, -0.2) is 9.78 Å². The Bertz CT molecular complexity index is 1520. The average molecular weight is 637 g/mol. The van der Waals surface area contributed by atoms with Crippen molar-refractivity contribution in [2.75, 3.05) is 20.7 Å². The van der Waals surface area contributed by atoms with Gasteiger partial charge in [-0.15, -0.1) is 0 Å². The summed E-state index contributed by atoms with van der Waals surface area (Å²) in [6.45, 7) is 1.90. The smallest absolute Gasteiger partial charge is 0.325 e. The fraction of sp³-hybridized carbons (Fsp3) is 0.241. The average Bonchev–Trinajstić information content (AvgIpc) is 3.48. The summed E-state index contributed by atoms with van der Waals surface area (Å²) in [5.41, 5.74) is 3.21. The summed E-state index contributed by atoms with van der Waals surface area (Å²) in [6.07, 6.45) is 0. The van der Waals surface area contributed by atoms with E-state index in [0.717, 1.165) is 20.2 Å². The largest absolute Gasteiger partial charge is 0.484 e. The molecular weight excluding hydrogens is 609 g/mol. The number of hydrogen-bond acceptors (Lipinski definition) is 5. The molecule has 1 saturated heterocycles. The highest BCUT2D eigenvalue weighted by Crippen LogP contribution is 2.39. The van der Waals surface area contributed by atoms with E-state index in [1.165, 1.54) is 9.80 Å². The highest BCUT2D eigenvalue weighted by molar-refractivity contribution is 14.1. The number of aromatic nitrogens is 2. The van der Waals surface area contributed by atoms with Crippen LogP contribution in [0.5, 0.6) is 5.75 Å². The number of imidazole rings is 1. The number of benzene rings is 3. The molecule has 0 aliphatic carbocycles. The molecule has 3 aromatic carbocycles. The molecule has 4 aromatic rings. The number of amides is 4. The van der Waals surface area contributed by atoms with Crippen LogP contribution in [0, 0.1) is 3.57 Å². The van der Waals surface area contributed by atoms with Crippen molar-refractivity contribution in [3.05, 3.63) is 93.3 Å². The Morgan fingerprint density at radius 2 is 1.79 bits per heavy atom. The van der Waals surface area contributed by atoms with Crippen molar-refractivity contribution in [3.63, 3.8) is 0 Å². The van der Waals surface area contributed by atoms with Crippen molar-refractivity contribution in [3.8, 4) is 5.75 Å². The number of H-pyrrole nitrogens is 1. The monoisotopic (exact) mass is 637 g/mol. The number of carbonyl (C=O) groups excluding carboxylic acids is 3. The van der Waals surface area contributed by atoms with E-state index in [1.54, 1.807) is 38.4 Å². The number of nitrogens with one attached hydrogen (secondary N) is 2. The summed E-state index contributed by atoms with van der Waals surface area (Å²) < 4.78 is 6.60. The van der Waals surface area contributed by atoms with Gasteiger partial charge in [-0.05, 0) is 64.0 Å². The van der Waals surface area contributed by atoms with E-state index in [9.17, 15) is 14.4 Å². The van der Waals surface area contributed by atoms with Crippen LogP contribution < -0.4 is 10.1 Å². The van der Waals surface area contributed by atoms with Crippen LogP contribution >= 0.6 is 22.6 Å². The highest BCUT2D eigenvalue weighted by Gasteiger charge is 2.46. The molecule has 10 heteroatoms. The van der Waals surface area contributed by atoms with Crippen LogP contribution in [0.1, 0.15) is 41.9 Å². The van der Waals surface area contributed by atoms with Crippen molar-refractivity contribution in [2.24, 2.45) is 0 Å². The van der Waals surface area contributed by atoms with Crippen LogP contribution in [0.2, 0.25) is 0 Å². The van der Waals surface area contributed by atoms with Crippen molar-refractivity contribution in [2.45, 2.75) is 24.9 Å². The molecule has 1 aliphatic rings. The van der Waals surface area contributed by atoms with Gasteiger partial charge in [-0.2, -0.15) is 0 Å². The molecule has 0 unspecified atom stereocenters. The first kappa shape index (κ1) is 26.7. The first-order chi connectivity index (χ1) is 18.7. The van der Waals surface area contributed by atoms with Crippen LogP contribution in [0.4, 0.5) is 4.79 Å². The molecule has 2 heterocycles. The van der Waals surface area contributed by atoms with E-state index >= 15 is 0 Å². The van der Waals surface area contributed by atoms with Gasteiger partial charge in [-0.1, -0.05) is 49.4 Å². The van der Waals surface area contributed by atoms with Crippen molar-refractivity contribution in [1.29, 1.82) is 0 Å². The number of carbonyl (C=O) groups is 3. The van der Waals surface area contributed by atoms with Crippen molar-refractivity contribution in [1.82, 2.24) is 25.1 Å². The molecule has 39 heavy (non-hydrogen) atoms. The third kappa shape index (κ3) is 5.47. The lowest BCUT2D eigenvalue weighted by Gasteiger charge is -2.29. The summed E-state index contributed by atoms with van der Waals surface area (Å²) in [6, 6.07) is 20.5. The van der Waals surface area contributed by atoms with Crippen molar-refractivity contribution >= 4 is 51.5 Å². The van der Waals surface area contributed by atoms with Crippen LogP contribution in [0.3, 0.4) is 0 Å². The van der Waals surface area contributed by atoms with E-state index in [0.29, 0.717) is 17.1 Å². The van der Waals surface area contributed by atoms with Gasteiger partial charge in [0.25, 0.3) is 11.8 Å². The number of fused-ring (bicyclic) bond motifs is 1. The Morgan fingerprint density at radius 3 is 2.49 bits per heavy atom. The number of nitrogens with zero attached hydrogens (tertiary/aromatic N) is 3. The van der Waals surface area contributed by atoms with E-state index in [-0.39, 0.29) is 24.3 Å².